The van der Waals surface area contributed by atoms with Crippen LogP contribution >= 0.6 is 0 Å². The third kappa shape index (κ3) is 2.71. The summed E-state index contributed by atoms with van der Waals surface area (Å²) in [4.78, 5) is 12.7. The van der Waals surface area contributed by atoms with Crippen molar-refractivity contribution in [1.29, 1.82) is 0 Å². The monoisotopic (exact) mass is 284 g/mol. The van der Waals surface area contributed by atoms with E-state index < -0.39 is 0 Å². The topological polar surface area (TPSA) is 44.1 Å². The molecule has 0 aliphatic carbocycles. The lowest BCUT2D eigenvalue weighted by Crippen LogP contribution is -2.23. The summed E-state index contributed by atoms with van der Waals surface area (Å²) in [6, 6.07) is 9.88. The van der Waals surface area contributed by atoms with Crippen LogP contribution in [-0.4, -0.2) is 22.2 Å². The van der Waals surface area contributed by atoms with Crippen LogP contribution < -0.4 is 4.74 Å². The van der Waals surface area contributed by atoms with E-state index in [1.807, 2.05) is 42.1 Å². The van der Waals surface area contributed by atoms with E-state index in [1.54, 1.807) is 0 Å². The number of nitrogens with zero attached hydrogens (tertiary/aromatic N) is 2. The van der Waals surface area contributed by atoms with Gasteiger partial charge in [0, 0.05) is 30.6 Å². The number of aromatic nitrogens is 2. The van der Waals surface area contributed by atoms with Crippen LogP contribution in [0, 0.1) is 0 Å². The Morgan fingerprint density at radius 2 is 2.24 bits per heavy atom. The molecule has 0 bridgehead atoms. The standard InChI is InChI=1S/C17H20N2O2/c1-3-12-10-13(19(2)18-12)11-16(20)14-8-9-21-17-7-5-4-6-15(14)17/h4-7,10,14H,3,8-9,11H2,1-2H3. The molecule has 21 heavy (non-hydrogen) atoms. The van der Waals surface area contributed by atoms with Crippen molar-refractivity contribution in [1.82, 2.24) is 9.78 Å². The number of benzene rings is 1. The summed E-state index contributed by atoms with van der Waals surface area (Å²) in [7, 11) is 1.90. The zero-order valence-electron chi connectivity index (χ0n) is 12.5. The van der Waals surface area contributed by atoms with Crippen LogP contribution in [0.25, 0.3) is 0 Å². The van der Waals surface area contributed by atoms with Gasteiger partial charge in [-0.05, 0) is 25.0 Å². The summed E-state index contributed by atoms with van der Waals surface area (Å²) in [5, 5.41) is 4.41. The fourth-order valence-corrected chi connectivity index (χ4v) is 2.89. The van der Waals surface area contributed by atoms with Crippen molar-refractivity contribution in [2.75, 3.05) is 6.61 Å². The van der Waals surface area contributed by atoms with Crippen molar-refractivity contribution in [2.45, 2.75) is 32.1 Å². The highest BCUT2D eigenvalue weighted by Gasteiger charge is 2.27. The average molecular weight is 284 g/mol. The van der Waals surface area contributed by atoms with Gasteiger partial charge in [0.05, 0.1) is 12.3 Å². The van der Waals surface area contributed by atoms with E-state index in [0.717, 1.165) is 35.5 Å². The Hall–Kier alpha value is -2.10. The number of aryl methyl sites for hydroxylation is 2. The predicted molar refractivity (Wildman–Crippen MR) is 80.6 cm³/mol. The van der Waals surface area contributed by atoms with Crippen LogP contribution in [0.15, 0.2) is 30.3 Å². The largest absolute Gasteiger partial charge is 0.493 e. The Labute approximate surface area is 124 Å². The zero-order valence-corrected chi connectivity index (χ0v) is 12.5. The third-order valence-electron chi connectivity index (χ3n) is 4.09. The van der Waals surface area contributed by atoms with Crippen LogP contribution in [-0.2, 0) is 24.7 Å². The summed E-state index contributed by atoms with van der Waals surface area (Å²) in [5.74, 6) is 1.03. The zero-order chi connectivity index (χ0) is 14.8. The minimum Gasteiger partial charge on any atom is -0.493 e. The van der Waals surface area contributed by atoms with E-state index in [2.05, 4.69) is 12.0 Å². The second-order valence-electron chi connectivity index (χ2n) is 5.47. The van der Waals surface area contributed by atoms with Gasteiger partial charge in [0.25, 0.3) is 0 Å². The molecule has 1 aliphatic rings. The Kier molecular flexibility index (Phi) is 3.78. The third-order valence-corrected chi connectivity index (χ3v) is 4.09. The van der Waals surface area contributed by atoms with Crippen molar-refractivity contribution in [3.63, 3.8) is 0 Å². The number of ketones is 1. The van der Waals surface area contributed by atoms with Gasteiger partial charge < -0.3 is 4.74 Å². The molecular weight excluding hydrogens is 264 g/mol. The first-order valence-corrected chi connectivity index (χ1v) is 7.45. The summed E-state index contributed by atoms with van der Waals surface area (Å²) < 4.78 is 7.45. The molecule has 0 fully saturated rings. The van der Waals surface area contributed by atoms with Crippen molar-refractivity contribution in [3.05, 3.63) is 47.3 Å². The molecule has 1 aromatic carbocycles. The number of ether oxygens (including phenoxy) is 1. The maximum atomic E-state index is 12.7. The smallest absolute Gasteiger partial charge is 0.146 e. The highest BCUT2D eigenvalue weighted by molar-refractivity contribution is 5.88. The molecule has 110 valence electrons. The van der Waals surface area contributed by atoms with E-state index in [9.17, 15) is 4.79 Å². The van der Waals surface area contributed by atoms with Crippen LogP contribution in [0.1, 0.15) is 36.2 Å². The van der Waals surface area contributed by atoms with Gasteiger partial charge in [-0.15, -0.1) is 0 Å². The number of para-hydroxylation sites is 1. The van der Waals surface area contributed by atoms with Gasteiger partial charge in [-0.2, -0.15) is 5.10 Å². The van der Waals surface area contributed by atoms with E-state index in [-0.39, 0.29) is 11.7 Å². The predicted octanol–water partition coefficient (Wildman–Crippen LogP) is 2.66. The van der Waals surface area contributed by atoms with Crippen LogP contribution in [0.4, 0.5) is 0 Å². The Balaban J connectivity index is 1.81. The Morgan fingerprint density at radius 1 is 1.43 bits per heavy atom. The molecule has 0 saturated heterocycles. The molecule has 1 aliphatic heterocycles. The molecule has 0 N–H and O–H groups in total. The van der Waals surface area contributed by atoms with Crippen molar-refractivity contribution < 1.29 is 9.53 Å². The summed E-state index contributed by atoms with van der Waals surface area (Å²) in [6.45, 7) is 2.68. The Morgan fingerprint density at radius 3 is 3.00 bits per heavy atom. The first-order chi connectivity index (χ1) is 10.2. The molecule has 0 radical (unpaired) electrons. The minimum atomic E-state index is -0.0603. The number of carbonyl (C=O) groups is 1. The lowest BCUT2D eigenvalue weighted by atomic mass is 9.87. The molecular formula is C17H20N2O2. The van der Waals surface area contributed by atoms with Gasteiger partial charge in [-0.1, -0.05) is 25.1 Å². The molecule has 1 atom stereocenters. The van der Waals surface area contributed by atoms with Crippen LogP contribution in [0.3, 0.4) is 0 Å². The van der Waals surface area contributed by atoms with Crippen molar-refractivity contribution in [2.24, 2.45) is 7.05 Å². The molecule has 0 spiro atoms. The van der Waals surface area contributed by atoms with E-state index in [0.29, 0.717) is 13.0 Å². The first-order valence-electron chi connectivity index (χ1n) is 7.45. The molecule has 1 unspecified atom stereocenters. The lowest BCUT2D eigenvalue weighted by Gasteiger charge is -2.24. The molecule has 0 saturated carbocycles. The normalized spacial score (nSPS) is 17.1. The van der Waals surface area contributed by atoms with Crippen LogP contribution in [0.5, 0.6) is 5.75 Å². The van der Waals surface area contributed by atoms with Gasteiger partial charge in [-0.3, -0.25) is 9.48 Å². The Bertz CT molecular complexity index is 661. The molecule has 1 aromatic heterocycles. The van der Waals surface area contributed by atoms with Gasteiger partial charge >= 0.3 is 0 Å². The van der Waals surface area contributed by atoms with Crippen LogP contribution in [0.2, 0.25) is 0 Å². The molecule has 4 nitrogen and oxygen atoms in total. The van der Waals surface area contributed by atoms with Crippen molar-refractivity contribution >= 4 is 5.78 Å². The molecule has 4 heteroatoms. The van der Waals surface area contributed by atoms with E-state index >= 15 is 0 Å². The fraction of sp³-hybridized carbons (Fsp3) is 0.412. The average Bonchev–Trinajstić information content (AvgIpc) is 2.87. The maximum Gasteiger partial charge on any atom is 0.146 e. The number of rotatable bonds is 4. The fourth-order valence-electron chi connectivity index (χ4n) is 2.89. The highest BCUT2D eigenvalue weighted by Crippen LogP contribution is 2.34. The second-order valence-corrected chi connectivity index (χ2v) is 5.47. The summed E-state index contributed by atoms with van der Waals surface area (Å²) in [6.07, 6.45) is 2.08. The number of hydrogen-bond donors (Lipinski definition) is 0. The molecule has 2 heterocycles. The molecule has 0 amide bonds. The lowest BCUT2D eigenvalue weighted by molar-refractivity contribution is -0.120. The first kappa shape index (κ1) is 13.9. The SMILES string of the molecule is CCc1cc(CC(=O)C2CCOc3ccccc32)n(C)n1. The maximum absolute atomic E-state index is 12.7. The van der Waals surface area contributed by atoms with Crippen molar-refractivity contribution in [3.8, 4) is 5.75 Å². The summed E-state index contributed by atoms with van der Waals surface area (Å²) in [5.41, 5.74) is 3.04. The second kappa shape index (κ2) is 5.72. The van der Waals surface area contributed by atoms with Gasteiger partial charge in [-0.25, -0.2) is 0 Å². The van der Waals surface area contributed by atoms with Gasteiger partial charge in [0.1, 0.15) is 11.5 Å². The number of Topliss-reactive ketones (excluding diaryl/α,β-unsaturated/α-hetero) is 1. The number of hydrogen-bond acceptors (Lipinski definition) is 3. The van der Waals surface area contributed by atoms with E-state index in [1.165, 1.54) is 0 Å². The minimum absolute atomic E-state index is 0.0603. The highest BCUT2D eigenvalue weighted by atomic mass is 16.5. The quantitative estimate of drug-likeness (QED) is 0.867. The van der Waals surface area contributed by atoms with Gasteiger partial charge in [0.15, 0.2) is 0 Å². The molecule has 2 aromatic rings. The van der Waals surface area contributed by atoms with Gasteiger partial charge in [0.2, 0.25) is 0 Å². The number of carbonyl (C=O) groups excluding carboxylic acids is 1. The summed E-state index contributed by atoms with van der Waals surface area (Å²) >= 11 is 0. The number of fused-ring (bicyclic) bond motifs is 1. The van der Waals surface area contributed by atoms with E-state index in [4.69, 9.17) is 4.74 Å². The molecule has 3 rings (SSSR count).